The predicted octanol–water partition coefficient (Wildman–Crippen LogP) is 2.45. The lowest BCUT2D eigenvalue weighted by Gasteiger charge is -2.29. The van der Waals surface area contributed by atoms with Gasteiger partial charge in [0, 0.05) is 37.1 Å². The number of rotatable bonds is 4. The van der Waals surface area contributed by atoms with Crippen LogP contribution in [0.1, 0.15) is 25.7 Å². The second-order valence-electron chi connectivity index (χ2n) is 6.31. The fourth-order valence-electron chi connectivity index (χ4n) is 3.29. The highest BCUT2D eigenvalue weighted by atomic mass is 16.5. The van der Waals surface area contributed by atoms with E-state index < -0.39 is 0 Å². The molecule has 4 heteroatoms. The van der Waals surface area contributed by atoms with E-state index in [0.29, 0.717) is 6.04 Å². The minimum atomic E-state index is 0.436. The zero-order valence-electron chi connectivity index (χ0n) is 12.8. The number of morpholine rings is 1. The lowest BCUT2D eigenvalue weighted by molar-refractivity contribution is 0.122. The van der Waals surface area contributed by atoms with E-state index in [2.05, 4.69) is 34.5 Å². The van der Waals surface area contributed by atoms with Gasteiger partial charge < -0.3 is 20.7 Å². The van der Waals surface area contributed by atoms with E-state index in [1.165, 1.54) is 37.1 Å². The molecule has 4 nitrogen and oxygen atoms in total. The first kappa shape index (κ1) is 14.7. The Kier molecular flexibility index (Phi) is 4.99. The predicted molar refractivity (Wildman–Crippen MR) is 87.9 cm³/mol. The lowest BCUT2D eigenvalue weighted by atomic mass is 9.86. The van der Waals surface area contributed by atoms with Crippen LogP contribution in [0.25, 0.3) is 0 Å². The Bertz CT molecular complexity index is 437. The van der Waals surface area contributed by atoms with E-state index in [4.69, 9.17) is 10.5 Å². The average molecular weight is 289 g/mol. The van der Waals surface area contributed by atoms with Crippen molar-refractivity contribution in [2.24, 2.45) is 11.7 Å². The summed E-state index contributed by atoms with van der Waals surface area (Å²) in [5.41, 5.74) is 8.50. The Balaban J connectivity index is 1.53. The Morgan fingerprint density at radius 3 is 2.67 bits per heavy atom. The summed E-state index contributed by atoms with van der Waals surface area (Å²) < 4.78 is 5.42. The first-order valence-electron chi connectivity index (χ1n) is 8.23. The molecule has 1 aliphatic heterocycles. The molecule has 1 saturated carbocycles. The van der Waals surface area contributed by atoms with Crippen LogP contribution < -0.4 is 16.0 Å². The van der Waals surface area contributed by atoms with Gasteiger partial charge in [-0.25, -0.2) is 0 Å². The van der Waals surface area contributed by atoms with Gasteiger partial charge in [0.15, 0.2) is 0 Å². The van der Waals surface area contributed by atoms with Gasteiger partial charge in [0.2, 0.25) is 0 Å². The number of hydrogen-bond acceptors (Lipinski definition) is 4. The molecule has 0 atom stereocenters. The van der Waals surface area contributed by atoms with Crippen LogP contribution in [0, 0.1) is 5.92 Å². The van der Waals surface area contributed by atoms with Crippen LogP contribution in [0.5, 0.6) is 0 Å². The number of nitrogens with zero attached hydrogens (tertiary/aromatic N) is 1. The Morgan fingerprint density at radius 2 is 1.90 bits per heavy atom. The van der Waals surface area contributed by atoms with Crippen molar-refractivity contribution in [3.8, 4) is 0 Å². The van der Waals surface area contributed by atoms with Crippen LogP contribution >= 0.6 is 0 Å². The van der Waals surface area contributed by atoms with E-state index in [1.807, 2.05) is 0 Å². The van der Waals surface area contributed by atoms with Crippen molar-refractivity contribution in [3.63, 3.8) is 0 Å². The number of nitrogens with two attached hydrogens (primary N) is 1. The number of benzene rings is 1. The highest BCUT2D eigenvalue weighted by Crippen LogP contribution is 2.25. The molecule has 3 rings (SSSR count). The van der Waals surface area contributed by atoms with Crippen molar-refractivity contribution >= 4 is 11.4 Å². The quantitative estimate of drug-likeness (QED) is 0.894. The van der Waals surface area contributed by atoms with Gasteiger partial charge in [-0.2, -0.15) is 0 Å². The third-order valence-electron chi connectivity index (χ3n) is 4.71. The minimum Gasteiger partial charge on any atom is -0.385 e. The molecule has 1 aromatic rings. The fourth-order valence-corrected chi connectivity index (χ4v) is 3.29. The molecule has 2 fully saturated rings. The maximum absolute atomic E-state index is 5.97. The highest BCUT2D eigenvalue weighted by Gasteiger charge is 2.18. The summed E-state index contributed by atoms with van der Waals surface area (Å²) in [4.78, 5) is 2.40. The summed E-state index contributed by atoms with van der Waals surface area (Å²) >= 11 is 0. The Labute approximate surface area is 127 Å². The number of hydrogen-bond donors (Lipinski definition) is 2. The van der Waals surface area contributed by atoms with Crippen molar-refractivity contribution in [1.29, 1.82) is 0 Å². The summed E-state index contributed by atoms with van der Waals surface area (Å²) in [6.45, 7) is 4.72. The standard InChI is InChI=1S/C17H27N3O/c18-15-6-4-14(5-7-15)13-19-16-2-1-3-17(12-16)20-8-10-21-11-9-20/h1-3,12,14-15,19H,4-11,13,18H2/t14-,15-. The van der Waals surface area contributed by atoms with Gasteiger partial charge in [-0.3, -0.25) is 0 Å². The Morgan fingerprint density at radius 1 is 1.14 bits per heavy atom. The molecule has 0 aromatic heterocycles. The number of anilines is 2. The highest BCUT2D eigenvalue weighted by molar-refractivity contribution is 5.58. The number of ether oxygens (including phenoxy) is 1. The molecule has 21 heavy (non-hydrogen) atoms. The van der Waals surface area contributed by atoms with E-state index in [-0.39, 0.29) is 0 Å². The summed E-state index contributed by atoms with van der Waals surface area (Å²) in [7, 11) is 0. The minimum absolute atomic E-state index is 0.436. The summed E-state index contributed by atoms with van der Waals surface area (Å²) in [5.74, 6) is 0.775. The summed E-state index contributed by atoms with van der Waals surface area (Å²) in [6, 6.07) is 9.20. The van der Waals surface area contributed by atoms with Crippen molar-refractivity contribution in [2.75, 3.05) is 43.1 Å². The van der Waals surface area contributed by atoms with E-state index in [1.54, 1.807) is 0 Å². The summed E-state index contributed by atoms with van der Waals surface area (Å²) in [5, 5.41) is 3.61. The monoisotopic (exact) mass is 289 g/mol. The zero-order chi connectivity index (χ0) is 14.5. The molecule has 1 saturated heterocycles. The molecular weight excluding hydrogens is 262 g/mol. The normalized spacial score (nSPS) is 26.6. The fraction of sp³-hybridized carbons (Fsp3) is 0.647. The second kappa shape index (κ2) is 7.14. The van der Waals surface area contributed by atoms with Crippen LogP contribution in [0.15, 0.2) is 24.3 Å². The molecule has 116 valence electrons. The largest absolute Gasteiger partial charge is 0.385 e. The topological polar surface area (TPSA) is 50.5 Å². The average Bonchev–Trinajstić information content (AvgIpc) is 2.55. The number of nitrogens with one attached hydrogen (secondary N) is 1. The van der Waals surface area contributed by atoms with Gasteiger partial charge in [-0.05, 0) is 49.8 Å². The van der Waals surface area contributed by atoms with E-state index in [9.17, 15) is 0 Å². The zero-order valence-corrected chi connectivity index (χ0v) is 12.8. The van der Waals surface area contributed by atoms with Crippen molar-refractivity contribution in [1.82, 2.24) is 0 Å². The molecular formula is C17H27N3O. The van der Waals surface area contributed by atoms with E-state index >= 15 is 0 Å². The van der Waals surface area contributed by atoms with E-state index in [0.717, 1.165) is 38.8 Å². The maximum atomic E-state index is 5.97. The van der Waals surface area contributed by atoms with Crippen LogP contribution in [0.4, 0.5) is 11.4 Å². The van der Waals surface area contributed by atoms with Crippen molar-refractivity contribution in [2.45, 2.75) is 31.7 Å². The SMILES string of the molecule is N[C@H]1CC[C@H](CNc2cccc(N3CCOCC3)c2)CC1. The van der Waals surface area contributed by atoms with Gasteiger partial charge >= 0.3 is 0 Å². The third-order valence-corrected chi connectivity index (χ3v) is 4.71. The molecule has 0 unspecified atom stereocenters. The molecule has 0 bridgehead atoms. The van der Waals surface area contributed by atoms with Crippen molar-refractivity contribution in [3.05, 3.63) is 24.3 Å². The molecule has 1 aliphatic carbocycles. The molecule has 2 aliphatic rings. The van der Waals surface area contributed by atoms with Crippen LogP contribution in [-0.2, 0) is 4.74 Å². The second-order valence-corrected chi connectivity index (χ2v) is 6.31. The third kappa shape index (κ3) is 4.11. The van der Waals surface area contributed by atoms with Gasteiger partial charge in [-0.15, -0.1) is 0 Å². The first-order valence-corrected chi connectivity index (χ1v) is 8.23. The van der Waals surface area contributed by atoms with Gasteiger partial charge in [0.25, 0.3) is 0 Å². The van der Waals surface area contributed by atoms with Gasteiger partial charge in [-0.1, -0.05) is 6.07 Å². The Hall–Kier alpha value is -1.26. The summed E-state index contributed by atoms with van der Waals surface area (Å²) in [6.07, 6.45) is 4.88. The molecule has 0 amide bonds. The molecule has 0 spiro atoms. The maximum Gasteiger partial charge on any atom is 0.0642 e. The van der Waals surface area contributed by atoms with Crippen molar-refractivity contribution < 1.29 is 4.74 Å². The molecule has 0 radical (unpaired) electrons. The smallest absolute Gasteiger partial charge is 0.0642 e. The lowest BCUT2D eigenvalue weighted by Crippen LogP contribution is -2.36. The molecule has 3 N–H and O–H groups in total. The molecule has 1 aromatic carbocycles. The first-order chi connectivity index (χ1) is 10.3. The van der Waals surface area contributed by atoms with Crippen LogP contribution in [0.3, 0.4) is 0 Å². The van der Waals surface area contributed by atoms with Crippen LogP contribution in [0.2, 0.25) is 0 Å². The van der Waals surface area contributed by atoms with Gasteiger partial charge in [0.05, 0.1) is 13.2 Å². The van der Waals surface area contributed by atoms with Gasteiger partial charge in [0.1, 0.15) is 0 Å². The molecule has 1 heterocycles. The van der Waals surface area contributed by atoms with Crippen LogP contribution in [-0.4, -0.2) is 38.9 Å².